The van der Waals surface area contributed by atoms with Gasteiger partial charge in [0.15, 0.2) is 0 Å². The number of hydrogen-bond donors (Lipinski definition) is 1. The molecule has 0 atom stereocenters. The number of nitriles is 1. The van der Waals surface area contributed by atoms with E-state index in [1.165, 1.54) is 0 Å². The van der Waals surface area contributed by atoms with Gasteiger partial charge in [-0.1, -0.05) is 72.8 Å². The van der Waals surface area contributed by atoms with Crippen LogP contribution in [0, 0.1) is 18.3 Å². The predicted molar refractivity (Wildman–Crippen MR) is 116 cm³/mol. The number of benzene rings is 3. The first-order valence-corrected chi connectivity index (χ1v) is 9.46. The van der Waals surface area contributed by atoms with Gasteiger partial charge in [0.25, 0.3) is 5.91 Å². The van der Waals surface area contributed by atoms with E-state index >= 15 is 0 Å². The van der Waals surface area contributed by atoms with Crippen LogP contribution in [0.5, 0.6) is 0 Å². The number of carbonyl (C=O) groups is 1. The molecule has 0 bridgehead atoms. The fourth-order valence-corrected chi connectivity index (χ4v) is 3.03. The highest BCUT2D eigenvalue weighted by molar-refractivity contribution is 6.06. The molecule has 0 radical (unpaired) electrons. The van der Waals surface area contributed by atoms with Crippen molar-refractivity contribution < 1.29 is 4.79 Å². The average Bonchev–Trinajstić information content (AvgIpc) is 2.73. The molecule has 0 aliphatic heterocycles. The smallest absolute Gasteiger partial charge is 0.267 e. The summed E-state index contributed by atoms with van der Waals surface area (Å²) in [4.78, 5) is 14.7. The van der Waals surface area contributed by atoms with Gasteiger partial charge in [0, 0.05) is 25.0 Å². The van der Waals surface area contributed by atoms with Crippen LogP contribution in [0.1, 0.15) is 16.7 Å². The minimum atomic E-state index is -0.413. The first-order chi connectivity index (χ1) is 14.1. The fourth-order valence-electron chi connectivity index (χ4n) is 3.03. The first-order valence-electron chi connectivity index (χ1n) is 9.46. The van der Waals surface area contributed by atoms with Crippen LogP contribution in [0.4, 0.5) is 5.69 Å². The molecule has 0 saturated carbocycles. The molecule has 29 heavy (non-hydrogen) atoms. The van der Waals surface area contributed by atoms with Gasteiger partial charge in [-0.25, -0.2) is 0 Å². The van der Waals surface area contributed by atoms with Gasteiger partial charge in [0.05, 0.1) is 0 Å². The Labute approximate surface area is 171 Å². The summed E-state index contributed by atoms with van der Waals surface area (Å²) < 4.78 is 0. The van der Waals surface area contributed by atoms with Crippen LogP contribution in [0.3, 0.4) is 0 Å². The molecule has 4 heteroatoms. The second kappa shape index (κ2) is 9.91. The topological polar surface area (TPSA) is 56.1 Å². The molecule has 3 aromatic carbocycles. The van der Waals surface area contributed by atoms with E-state index in [9.17, 15) is 10.1 Å². The number of hydrogen-bond acceptors (Lipinski definition) is 3. The van der Waals surface area contributed by atoms with E-state index in [4.69, 9.17) is 0 Å². The third kappa shape index (κ3) is 6.08. The lowest BCUT2D eigenvalue weighted by molar-refractivity contribution is -0.112. The van der Waals surface area contributed by atoms with Crippen LogP contribution in [-0.2, 0) is 17.9 Å². The Morgan fingerprint density at radius 1 is 0.931 bits per heavy atom. The normalized spacial score (nSPS) is 10.8. The van der Waals surface area contributed by atoms with E-state index in [-0.39, 0.29) is 5.57 Å². The Morgan fingerprint density at radius 2 is 1.52 bits per heavy atom. The molecule has 0 saturated heterocycles. The van der Waals surface area contributed by atoms with E-state index in [1.54, 1.807) is 6.20 Å². The van der Waals surface area contributed by atoms with Crippen molar-refractivity contribution >= 4 is 11.6 Å². The zero-order valence-corrected chi connectivity index (χ0v) is 16.4. The van der Waals surface area contributed by atoms with Gasteiger partial charge < -0.3 is 10.2 Å². The molecule has 0 unspecified atom stereocenters. The molecule has 1 amide bonds. The van der Waals surface area contributed by atoms with Crippen LogP contribution >= 0.6 is 0 Å². The second-order valence-corrected chi connectivity index (χ2v) is 6.85. The summed E-state index contributed by atoms with van der Waals surface area (Å²) in [5.74, 6) is -0.413. The Bertz CT molecular complexity index is 979. The average molecular weight is 381 g/mol. The highest BCUT2D eigenvalue weighted by atomic mass is 16.1. The summed E-state index contributed by atoms with van der Waals surface area (Å²) in [5.41, 5.74) is 4.00. The Kier molecular flexibility index (Phi) is 6.80. The summed E-state index contributed by atoms with van der Waals surface area (Å²) in [6.45, 7) is 3.15. The lowest BCUT2D eigenvalue weighted by Crippen LogP contribution is -2.21. The molecule has 0 heterocycles. The lowest BCUT2D eigenvalue weighted by Gasteiger charge is -2.21. The Morgan fingerprint density at radius 3 is 2.03 bits per heavy atom. The number of aryl methyl sites for hydroxylation is 1. The second-order valence-electron chi connectivity index (χ2n) is 6.85. The van der Waals surface area contributed by atoms with Gasteiger partial charge in [-0.2, -0.15) is 5.26 Å². The van der Waals surface area contributed by atoms with Gasteiger partial charge in [0.2, 0.25) is 0 Å². The molecule has 3 aromatic rings. The SMILES string of the molecule is Cc1cccc(NC(=O)/C(C#N)=C\N(Cc2ccccc2)Cc2ccccc2)c1. The highest BCUT2D eigenvalue weighted by Gasteiger charge is 2.13. The summed E-state index contributed by atoms with van der Waals surface area (Å²) in [6, 6.07) is 29.6. The molecule has 0 aliphatic carbocycles. The third-order valence-electron chi connectivity index (χ3n) is 4.41. The maximum atomic E-state index is 12.7. The van der Waals surface area contributed by atoms with Crippen LogP contribution in [0.25, 0.3) is 0 Å². The molecule has 0 fully saturated rings. The summed E-state index contributed by atoms with van der Waals surface area (Å²) >= 11 is 0. The third-order valence-corrected chi connectivity index (χ3v) is 4.41. The van der Waals surface area contributed by atoms with Crippen molar-refractivity contribution in [1.82, 2.24) is 4.90 Å². The molecular weight excluding hydrogens is 358 g/mol. The number of anilines is 1. The molecule has 3 rings (SSSR count). The zero-order valence-electron chi connectivity index (χ0n) is 16.4. The van der Waals surface area contributed by atoms with E-state index in [0.29, 0.717) is 18.8 Å². The molecule has 144 valence electrons. The van der Waals surface area contributed by atoms with E-state index < -0.39 is 5.91 Å². The van der Waals surface area contributed by atoms with Crippen molar-refractivity contribution in [2.75, 3.05) is 5.32 Å². The van der Waals surface area contributed by atoms with Gasteiger partial charge in [-0.3, -0.25) is 4.79 Å². The first kappa shape index (κ1) is 19.9. The summed E-state index contributed by atoms with van der Waals surface area (Å²) in [5, 5.41) is 12.4. The Hall–Kier alpha value is -3.84. The Balaban J connectivity index is 1.82. The van der Waals surface area contributed by atoms with Crippen LogP contribution < -0.4 is 5.32 Å². The van der Waals surface area contributed by atoms with Crippen LogP contribution in [0.15, 0.2) is 96.7 Å². The van der Waals surface area contributed by atoms with Gasteiger partial charge in [0.1, 0.15) is 11.6 Å². The minimum absolute atomic E-state index is 0.0679. The van der Waals surface area contributed by atoms with E-state index in [2.05, 4.69) is 5.32 Å². The number of rotatable bonds is 7. The van der Waals surface area contributed by atoms with Crippen molar-refractivity contribution in [3.63, 3.8) is 0 Å². The number of nitrogens with zero attached hydrogens (tertiary/aromatic N) is 2. The number of carbonyl (C=O) groups excluding carboxylic acids is 1. The van der Waals surface area contributed by atoms with Crippen molar-refractivity contribution in [2.24, 2.45) is 0 Å². The predicted octanol–water partition coefficient (Wildman–Crippen LogP) is 5.04. The quantitative estimate of drug-likeness (QED) is 0.461. The van der Waals surface area contributed by atoms with Crippen molar-refractivity contribution in [1.29, 1.82) is 5.26 Å². The van der Waals surface area contributed by atoms with Gasteiger partial charge in [-0.15, -0.1) is 0 Å². The molecule has 0 aliphatic rings. The molecule has 0 spiro atoms. The minimum Gasteiger partial charge on any atom is -0.367 e. The molecular formula is C25H23N3O. The van der Waals surface area contributed by atoms with Crippen molar-refractivity contribution in [2.45, 2.75) is 20.0 Å². The standard InChI is InChI=1S/C25H23N3O/c1-20-9-8-14-24(15-20)27-25(29)23(16-26)19-28(17-21-10-4-2-5-11-21)18-22-12-6-3-7-13-22/h2-15,19H,17-18H2,1H3,(H,27,29)/b23-19-. The number of nitrogens with one attached hydrogen (secondary N) is 1. The summed E-state index contributed by atoms with van der Waals surface area (Å²) in [6.07, 6.45) is 1.64. The summed E-state index contributed by atoms with van der Waals surface area (Å²) in [7, 11) is 0. The maximum Gasteiger partial charge on any atom is 0.267 e. The van der Waals surface area contributed by atoms with Crippen LogP contribution in [-0.4, -0.2) is 10.8 Å². The van der Waals surface area contributed by atoms with Crippen molar-refractivity contribution in [3.8, 4) is 6.07 Å². The maximum absolute atomic E-state index is 12.7. The number of amides is 1. The van der Waals surface area contributed by atoms with E-state index in [0.717, 1.165) is 16.7 Å². The molecule has 1 N–H and O–H groups in total. The molecule has 4 nitrogen and oxygen atoms in total. The fraction of sp³-hybridized carbons (Fsp3) is 0.120. The molecule has 0 aromatic heterocycles. The van der Waals surface area contributed by atoms with Gasteiger partial charge in [-0.05, 0) is 35.7 Å². The zero-order chi connectivity index (χ0) is 20.5. The monoisotopic (exact) mass is 381 g/mol. The van der Waals surface area contributed by atoms with Crippen molar-refractivity contribution in [3.05, 3.63) is 113 Å². The largest absolute Gasteiger partial charge is 0.367 e. The van der Waals surface area contributed by atoms with Crippen LogP contribution in [0.2, 0.25) is 0 Å². The highest BCUT2D eigenvalue weighted by Crippen LogP contribution is 2.14. The lowest BCUT2D eigenvalue weighted by atomic mass is 10.1. The van der Waals surface area contributed by atoms with Gasteiger partial charge >= 0.3 is 0 Å². The van der Waals surface area contributed by atoms with E-state index in [1.807, 2.05) is 103 Å².